The van der Waals surface area contributed by atoms with Crippen LogP contribution in [-0.2, 0) is 11.2 Å². The van der Waals surface area contributed by atoms with E-state index in [1.54, 1.807) is 12.1 Å². The van der Waals surface area contributed by atoms with Crippen LogP contribution in [0.3, 0.4) is 0 Å². The number of hydrogen-bond acceptors (Lipinski definition) is 3. The van der Waals surface area contributed by atoms with Gasteiger partial charge in [-0.15, -0.1) is 0 Å². The Hall–Kier alpha value is -1.55. The van der Waals surface area contributed by atoms with Gasteiger partial charge in [0.25, 0.3) is 0 Å². The van der Waals surface area contributed by atoms with E-state index in [2.05, 4.69) is 0 Å². The molecule has 0 aromatic heterocycles. The Bertz CT molecular complexity index is 425. The summed E-state index contributed by atoms with van der Waals surface area (Å²) in [5, 5.41) is 18.6. The van der Waals surface area contributed by atoms with E-state index in [9.17, 15) is 9.90 Å². The van der Waals surface area contributed by atoms with E-state index in [4.69, 9.17) is 10.8 Å². The molecule has 0 aliphatic rings. The van der Waals surface area contributed by atoms with Crippen LogP contribution >= 0.6 is 0 Å². The number of carboxylic acid groups (broad SMARTS) is 1. The minimum absolute atomic E-state index is 0.184. The number of benzene rings is 1. The van der Waals surface area contributed by atoms with Gasteiger partial charge in [0.15, 0.2) is 0 Å². The third-order valence-corrected chi connectivity index (χ3v) is 2.77. The molecule has 4 heteroatoms. The van der Waals surface area contributed by atoms with Crippen LogP contribution < -0.4 is 5.73 Å². The van der Waals surface area contributed by atoms with Crippen molar-refractivity contribution in [2.45, 2.75) is 38.6 Å². The van der Waals surface area contributed by atoms with Gasteiger partial charge in [-0.05, 0) is 30.0 Å². The molecule has 1 atom stereocenters. The fourth-order valence-corrected chi connectivity index (χ4v) is 1.68. The molecule has 4 nitrogen and oxygen atoms in total. The van der Waals surface area contributed by atoms with E-state index in [1.165, 1.54) is 6.92 Å². The summed E-state index contributed by atoms with van der Waals surface area (Å²) < 4.78 is 0. The molecule has 0 bridgehead atoms. The van der Waals surface area contributed by atoms with Crippen LogP contribution in [0, 0.1) is 0 Å². The van der Waals surface area contributed by atoms with Crippen LogP contribution in [-0.4, -0.2) is 21.7 Å². The first-order valence-electron chi connectivity index (χ1n) is 5.58. The minimum Gasteiger partial charge on any atom is -0.508 e. The Morgan fingerprint density at radius 3 is 2.53 bits per heavy atom. The zero-order valence-corrected chi connectivity index (χ0v) is 10.4. The number of nitrogens with two attached hydrogens (primary N) is 1. The number of hydrogen-bond donors (Lipinski definition) is 3. The van der Waals surface area contributed by atoms with Crippen molar-refractivity contribution in [3.63, 3.8) is 0 Å². The van der Waals surface area contributed by atoms with Crippen molar-refractivity contribution in [1.82, 2.24) is 0 Å². The largest absolute Gasteiger partial charge is 0.508 e. The van der Waals surface area contributed by atoms with Crippen LogP contribution in [0.5, 0.6) is 5.75 Å². The van der Waals surface area contributed by atoms with Gasteiger partial charge in [-0.2, -0.15) is 0 Å². The Labute approximate surface area is 101 Å². The second-order valence-electron chi connectivity index (χ2n) is 4.95. The second kappa shape index (κ2) is 4.75. The normalized spacial score (nSPS) is 14.6. The maximum Gasteiger partial charge on any atom is 0.323 e. The smallest absolute Gasteiger partial charge is 0.323 e. The molecule has 1 aromatic rings. The summed E-state index contributed by atoms with van der Waals surface area (Å²) in [6.45, 7) is 5.42. The Morgan fingerprint density at radius 2 is 2.06 bits per heavy atom. The topological polar surface area (TPSA) is 83.6 Å². The molecule has 0 aliphatic heterocycles. The van der Waals surface area contributed by atoms with Crippen LogP contribution in [0.2, 0.25) is 0 Å². The van der Waals surface area contributed by atoms with Crippen molar-refractivity contribution in [3.05, 3.63) is 29.3 Å². The van der Waals surface area contributed by atoms with Gasteiger partial charge in [-0.3, -0.25) is 4.79 Å². The Kier molecular flexibility index (Phi) is 3.78. The van der Waals surface area contributed by atoms with Crippen molar-refractivity contribution in [1.29, 1.82) is 0 Å². The average molecular weight is 237 g/mol. The molecule has 17 heavy (non-hydrogen) atoms. The van der Waals surface area contributed by atoms with Crippen LogP contribution in [0.1, 0.15) is 37.8 Å². The first kappa shape index (κ1) is 13.5. The fourth-order valence-electron chi connectivity index (χ4n) is 1.68. The molecule has 0 radical (unpaired) electrons. The standard InChI is InChI=1S/C13H19NO3/c1-8(2)10-6-9(4-5-11(10)15)7-13(3,14)12(16)17/h4-6,8,15H,7,14H2,1-3H3,(H,16,17)/t13-/m1/s1. The predicted octanol–water partition coefficient (Wildman–Crippen LogP) is 1.86. The van der Waals surface area contributed by atoms with Gasteiger partial charge < -0.3 is 15.9 Å². The maximum atomic E-state index is 10.9. The fraction of sp³-hybridized carbons (Fsp3) is 0.462. The summed E-state index contributed by atoms with van der Waals surface area (Å²) in [6.07, 6.45) is 0.238. The Morgan fingerprint density at radius 1 is 1.47 bits per heavy atom. The molecule has 0 heterocycles. The van der Waals surface area contributed by atoms with Crippen molar-refractivity contribution in [2.24, 2.45) is 5.73 Å². The molecule has 1 rings (SSSR count). The van der Waals surface area contributed by atoms with Gasteiger partial charge in [0, 0.05) is 6.42 Å². The van der Waals surface area contributed by atoms with Gasteiger partial charge in [-0.1, -0.05) is 26.0 Å². The molecule has 0 spiro atoms. The summed E-state index contributed by atoms with van der Waals surface area (Å²) in [5.74, 6) is -0.613. The zero-order valence-electron chi connectivity index (χ0n) is 10.4. The number of phenols is 1. The minimum atomic E-state index is -1.29. The molecule has 0 saturated carbocycles. The summed E-state index contributed by atoms with van der Waals surface area (Å²) in [6, 6.07) is 5.10. The molecule has 0 unspecified atom stereocenters. The average Bonchev–Trinajstić information content (AvgIpc) is 2.20. The first-order valence-corrected chi connectivity index (χ1v) is 5.58. The highest BCUT2D eigenvalue weighted by atomic mass is 16.4. The van der Waals surface area contributed by atoms with E-state index < -0.39 is 11.5 Å². The first-order chi connectivity index (χ1) is 7.74. The zero-order chi connectivity index (χ0) is 13.2. The summed E-state index contributed by atoms with van der Waals surface area (Å²) in [7, 11) is 0. The number of carboxylic acids is 1. The molecule has 1 aromatic carbocycles. The second-order valence-corrected chi connectivity index (χ2v) is 4.95. The van der Waals surface area contributed by atoms with Crippen LogP contribution in [0.25, 0.3) is 0 Å². The number of aromatic hydroxyl groups is 1. The van der Waals surface area contributed by atoms with E-state index in [0.29, 0.717) is 0 Å². The number of rotatable bonds is 4. The molecule has 4 N–H and O–H groups in total. The third-order valence-electron chi connectivity index (χ3n) is 2.77. The predicted molar refractivity (Wildman–Crippen MR) is 66.1 cm³/mol. The van der Waals surface area contributed by atoms with Crippen molar-refractivity contribution >= 4 is 5.97 Å². The lowest BCUT2D eigenvalue weighted by molar-refractivity contribution is -0.142. The SMILES string of the molecule is CC(C)c1cc(C[C@@](C)(N)C(=O)O)ccc1O. The van der Waals surface area contributed by atoms with Crippen LogP contribution in [0.15, 0.2) is 18.2 Å². The highest BCUT2D eigenvalue weighted by Crippen LogP contribution is 2.27. The highest BCUT2D eigenvalue weighted by Gasteiger charge is 2.28. The summed E-state index contributed by atoms with van der Waals surface area (Å²) >= 11 is 0. The van der Waals surface area contributed by atoms with Gasteiger partial charge in [0.05, 0.1) is 0 Å². The molecule has 94 valence electrons. The highest BCUT2D eigenvalue weighted by molar-refractivity contribution is 5.78. The van der Waals surface area contributed by atoms with Gasteiger partial charge in [0.2, 0.25) is 0 Å². The van der Waals surface area contributed by atoms with E-state index in [1.807, 2.05) is 19.9 Å². The molecular formula is C13H19NO3. The Balaban J connectivity index is 3.01. The molecule has 0 fully saturated rings. The van der Waals surface area contributed by atoms with Crippen molar-refractivity contribution in [2.75, 3.05) is 0 Å². The van der Waals surface area contributed by atoms with E-state index in [-0.39, 0.29) is 18.1 Å². The number of carbonyl (C=O) groups is 1. The lowest BCUT2D eigenvalue weighted by Gasteiger charge is -2.20. The molecule has 0 aliphatic carbocycles. The monoisotopic (exact) mass is 237 g/mol. The van der Waals surface area contributed by atoms with E-state index in [0.717, 1.165) is 11.1 Å². The summed E-state index contributed by atoms with van der Waals surface area (Å²) in [5.41, 5.74) is 6.03. The quantitative estimate of drug-likeness (QED) is 0.746. The van der Waals surface area contributed by atoms with Crippen molar-refractivity contribution in [3.8, 4) is 5.75 Å². The van der Waals surface area contributed by atoms with Crippen molar-refractivity contribution < 1.29 is 15.0 Å². The maximum absolute atomic E-state index is 10.9. The van der Waals surface area contributed by atoms with E-state index >= 15 is 0 Å². The summed E-state index contributed by atoms with van der Waals surface area (Å²) in [4.78, 5) is 10.9. The van der Waals surface area contributed by atoms with Gasteiger partial charge >= 0.3 is 5.97 Å². The van der Waals surface area contributed by atoms with Gasteiger partial charge in [-0.25, -0.2) is 0 Å². The molecule has 0 saturated heterocycles. The number of phenolic OH excluding ortho intramolecular Hbond substituents is 1. The lowest BCUT2D eigenvalue weighted by Crippen LogP contribution is -2.46. The van der Waals surface area contributed by atoms with Crippen LogP contribution in [0.4, 0.5) is 0 Å². The van der Waals surface area contributed by atoms with Gasteiger partial charge in [0.1, 0.15) is 11.3 Å². The third kappa shape index (κ3) is 3.20. The number of aliphatic carboxylic acids is 1. The molecular weight excluding hydrogens is 218 g/mol. The molecule has 0 amide bonds. The lowest BCUT2D eigenvalue weighted by atomic mass is 9.91.